The van der Waals surface area contributed by atoms with Crippen LogP contribution in [0.1, 0.15) is 39.5 Å². The van der Waals surface area contributed by atoms with Crippen LogP contribution in [-0.2, 0) is 4.84 Å². The van der Waals surface area contributed by atoms with Crippen molar-refractivity contribution in [2.45, 2.75) is 51.7 Å². The number of piperidine rings is 1. The summed E-state index contributed by atoms with van der Waals surface area (Å²) >= 11 is 0. The number of hydrogen-bond acceptors (Lipinski definition) is 6. The average molecular weight is 413 g/mol. The Morgan fingerprint density at radius 2 is 1.93 bits per heavy atom. The number of anilines is 1. The molecule has 2 fully saturated rings. The van der Waals surface area contributed by atoms with Gasteiger partial charge in [-0.05, 0) is 45.2 Å². The van der Waals surface area contributed by atoms with E-state index in [0.717, 1.165) is 64.4 Å². The molecule has 3 aliphatic heterocycles. The van der Waals surface area contributed by atoms with Gasteiger partial charge in [-0.25, -0.2) is 0 Å². The Balaban J connectivity index is 1.23. The topological polar surface area (TPSA) is 40.5 Å². The summed E-state index contributed by atoms with van der Waals surface area (Å²) in [6.45, 7) is 15.4. The van der Waals surface area contributed by atoms with Crippen molar-refractivity contribution < 1.29 is 9.57 Å². The molecule has 0 aliphatic carbocycles. The van der Waals surface area contributed by atoms with E-state index in [1.807, 2.05) is 6.07 Å². The Kier molecular flexibility index (Phi) is 6.82. The van der Waals surface area contributed by atoms with Crippen molar-refractivity contribution in [2.75, 3.05) is 50.7 Å². The number of benzene rings is 1. The van der Waals surface area contributed by atoms with Crippen LogP contribution in [0.25, 0.3) is 0 Å². The first-order valence-electron chi connectivity index (χ1n) is 11.5. The van der Waals surface area contributed by atoms with Gasteiger partial charge in [-0.2, -0.15) is 0 Å². The van der Waals surface area contributed by atoms with Gasteiger partial charge in [0.05, 0.1) is 24.0 Å². The summed E-state index contributed by atoms with van der Waals surface area (Å²) in [5, 5.41) is 4.39. The number of rotatable bonds is 7. The van der Waals surface area contributed by atoms with Crippen molar-refractivity contribution in [2.24, 2.45) is 5.16 Å². The number of para-hydroxylation sites is 2. The van der Waals surface area contributed by atoms with E-state index >= 15 is 0 Å². The SMILES string of the molecule is C=C1CCCCN1CC1=NOC(CN2CCN(c3ccccc3OC(C)C)CC2)C1. The molecule has 0 saturated carbocycles. The first-order chi connectivity index (χ1) is 14.6. The van der Waals surface area contributed by atoms with E-state index in [1.54, 1.807) is 0 Å². The minimum Gasteiger partial charge on any atom is -0.489 e. The first kappa shape index (κ1) is 21.0. The van der Waals surface area contributed by atoms with Crippen LogP contribution in [0.4, 0.5) is 5.69 Å². The van der Waals surface area contributed by atoms with Gasteiger partial charge in [0.15, 0.2) is 0 Å². The van der Waals surface area contributed by atoms with Gasteiger partial charge in [0.2, 0.25) is 0 Å². The van der Waals surface area contributed by atoms with Gasteiger partial charge < -0.3 is 19.4 Å². The second-order valence-electron chi connectivity index (χ2n) is 8.96. The summed E-state index contributed by atoms with van der Waals surface area (Å²) in [6, 6.07) is 8.38. The minimum absolute atomic E-state index is 0.182. The maximum absolute atomic E-state index is 6.01. The molecule has 1 atom stereocenters. The number of ether oxygens (including phenoxy) is 1. The molecular weight excluding hydrogens is 376 g/mol. The van der Waals surface area contributed by atoms with Crippen LogP contribution in [0.2, 0.25) is 0 Å². The average Bonchev–Trinajstić information content (AvgIpc) is 3.17. The number of piperazine rings is 1. The fourth-order valence-corrected chi connectivity index (χ4v) is 4.57. The molecule has 0 spiro atoms. The largest absolute Gasteiger partial charge is 0.489 e. The van der Waals surface area contributed by atoms with Gasteiger partial charge in [0.1, 0.15) is 11.9 Å². The van der Waals surface area contributed by atoms with Crippen LogP contribution in [0.5, 0.6) is 5.75 Å². The normalized spacial score (nSPS) is 23.0. The van der Waals surface area contributed by atoms with Crippen molar-refractivity contribution in [3.63, 3.8) is 0 Å². The lowest BCUT2D eigenvalue weighted by molar-refractivity contribution is 0.0509. The van der Waals surface area contributed by atoms with E-state index in [-0.39, 0.29) is 12.2 Å². The molecule has 3 heterocycles. The van der Waals surface area contributed by atoms with Crippen LogP contribution in [0.3, 0.4) is 0 Å². The first-order valence-corrected chi connectivity index (χ1v) is 11.5. The second kappa shape index (κ2) is 9.73. The summed E-state index contributed by atoms with van der Waals surface area (Å²) in [7, 11) is 0. The fourth-order valence-electron chi connectivity index (χ4n) is 4.57. The Morgan fingerprint density at radius 3 is 2.70 bits per heavy atom. The summed E-state index contributed by atoms with van der Waals surface area (Å²) in [5.74, 6) is 0.984. The molecule has 2 saturated heterocycles. The lowest BCUT2D eigenvalue weighted by Crippen LogP contribution is -2.48. The van der Waals surface area contributed by atoms with Crippen LogP contribution < -0.4 is 9.64 Å². The van der Waals surface area contributed by atoms with Gasteiger partial charge >= 0.3 is 0 Å². The lowest BCUT2D eigenvalue weighted by atomic mass is 10.1. The summed E-state index contributed by atoms with van der Waals surface area (Å²) < 4.78 is 6.01. The van der Waals surface area contributed by atoms with Gasteiger partial charge in [-0.1, -0.05) is 23.9 Å². The molecule has 6 heteroatoms. The number of likely N-dealkylation sites (tertiary alicyclic amines) is 1. The van der Waals surface area contributed by atoms with E-state index < -0.39 is 0 Å². The molecule has 0 bridgehead atoms. The van der Waals surface area contributed by atoms with Crippen LogP contribution in [-0.4, -0.2) is 73.5 Å². The third kappa shape index (κ3) is 5.28. The zero-order chi connectivity index (χ0) is 20.9. The molecule has 0 aromatic heterocycles. The van der Waals surface area contributed by atoms with Gasteiger partial charge in [-0.15, -0.1) is 0 Å². The van der Waals surface area contributed by atoms with Crippen molar-refractivity contribution in [3.05, 3.63) is 36.5 Å². The molecule has 1 unspecified atom stereocenters. The standard InChI is InChI=1S/C24H36N4O2/c1-19(2)29-24-10-5-4-9-23(24)27-14-12-26(13-15-27)18-22-16-21(25-30-22)17-28-11-7-6-8-20(28)3/h4-5,9-10,19,22H,3,6-8,11-18H2,1-2H3. The van der Waals surface area contributed by atoms with Crippen LogP contribution in [0.15, 0.2) is 41.7 Å². The highest BCUT2D eigenvalue weighted by Gasteiger charge is 2.28. The van der Waals surface area contributed by atoms with Crippen LogP contribution >= 0.6 is 0 Å². The Labute approximate surface area is 181 Å². The number of nitrogens with zero attached hydrogens (tertiary/aromatic N) is 4. The maximum Gasteiger partial charge on any atom is 0.145 e. The smallest absolute Gasteiger partial charge is 0.145 e. The maximum atomic E-state index is 6.01. The number of allylic oxidation sites excluding steroid dienone is 1. The van der Waals surface area contributed by atoms with Crippen LogP contribution in [0, 0.1) is 0 Å². The Morgan fingerprint density at radius 1 is 1.13 bits per heavy atom. The molecule has 0 radical (unpaired) electrons. The van der Waals surface area contributed by atoms with Crippen molar-refractivity contribution in [1.29, 1.82) is 0 Å². The van der Waals surface area contributed by atoms with E-state index in [0.29, 0.717) is 0 Å². The molecular formula is C24H36N4O2. The molecule has 3 aliphatic rings. The summed E-state index contributed by atoms with van der Waals surface area (Å²) in [4.78, 5) is 13.1. The zero-order valence-electron chi connectivity index (χ0n) is 18.6. The Hall–Kier alpha value is -2.21. The highest BCUT2D eigenvalue weighted by atomic mass is 16.6. The third-order valence-corrected chi connectivity index (χ3v) is 6.16. The highest BCUT2D eigenvalue weighted by molar-refractivity contribution is 5.87. The minimum atomic E-state index is 0.182. The van der Waals surface area contributed by atoms with Crippen molar-refractivity contribution >= 4 is 11.4 Å². The van der Waals surface area contributed by atoms with E-state index in [2.05, 4.69) is 58.5 Å². The van der Waals surface area contributed by atoms with Crippen molar-refractivity contribution in [1.82, 2.24) is 9.80 Å². The summed E-state index contributed by atoms with van der Waals surface area (Å²) in [5.41, 5.74) is 3.63. The lowest BCUT2D eigenvalue weighted by Gasteiger charge is -2.37. The molecule has 6 nitrogen and oxygen atoms in total. The molecule has 0 N–H and O–H groups in total. The second-order valence-corrected chi connectivity index (χ2v) is 8.96. The molecule has 1 aromatic carbocycles. The predicted octanol–water partition coefficient (Wildman–Crippen LogP) is 3.74. The van der Waals surface area contributed by atoms with Gasteiger partial charge in [0, 0.05) is 51.4 Å². The molecule has 4 rings (SSSR count). The molecule has 0 amide bonds. The zero-order valence-corrected chi connectivity index (χ0v) is 18.6. The molecule has 1 aromatic rings. The number of oxime groups is 1. The third-order valence-electron chi connectivity index (χ3n) is 6.16. The van der Waals surface area contributed by atoms with Crippen molar-refractivity contribution in [3.8, 4) is 5.75 Å². The van der Waals surface area contributed by atoms with Gasteiger partial charge in [0.25, 0.3) is 0 Å². The van der Waals surface area contributed by atoms with Gasteiger partial charge in [-0.3, -0.25) is 4.90 Å². The van der Waals surface area contributed by atoms with E-state index in [9.17, 15) is 0 Å². The number of hydrogen-bond donors (Lipinski definition) is 0. The molecule has 164 valence electrons. The monoisotopic (exact) mass is 412 g/mol. The Bertz CT molecular complexity index is 755. The predicted molar refractivity (Wildman–Crippen MR) is 122 cm³/mol. The summed E-state index contributed by atoms with van der Waals surface area (Å²) in [6.07, 6.45) is 4.94. The van der Waals surface area contributed by atoms with E-state index in [1.165, 1.54) is 29.9 Å². The molecule has 30 heavy (non-hydrogen) atoms. The highest BCUT2D eigenvalue weighted by Crippen LogP contribution is 2.30. The fraction of sp³-hybridized carbons (Fsp3) is 0.625. The van der Waals surface area contributed by atoms with E-state index in [4.69, 9.17) is 9.57 Å². The quantitative estimate of drug-likeness (QED) is 0.682.